The molecule has 2 aromatic rings. The van der Waals surface area contributed by atoms with Crippen LogP contribution >= 0.6 is 23.8 Å². The van der Waals surface area contributed by atoms with Crippen molar-refractivity contribution in [2.75, 3.05) is 19.0 Å². The van der Waals surface area contributed by atoms with Gasteiger partial charge in [-0.3, -0.25) is 14.5 Å². The van der Waals surface area contributed by atoms with Crippen molar-refractivity contribution < 1.29 is 19.1 Å². The Balaban J connectivity index is 1.72. The van der Waals surface area contributed by atoms with Gasteiger partial charge >= 0.3 is 5.97 Å². The number of ether oxygens (including phenoxy) is 1. The van der Waals surface area contributed by atoms with Gasteiger partial charge in [-0.25, -0.2) is 4.79 Å². The first-order chi connectivity index (χ1) is 14.8. The Bertz CT molecular complexity index is 995. The molecule has 0 unspecified atom stereocenters. The molecule has 0 radical (unpaired) electrons. The van der Waals surface area contributed by atoms with Crippen molar-refractivity contribution in [1.29, 1.82) is 0 Å². The van der Waals surface area contributed by atoms with Gasteiger partial charge in [0.1, 0.15) is 6.04 Å². The first kappa shape index (κ1) is 22.7. The fraction of sp³-hybridized carbons (Fsp3) is 0.273. The van der Waals surface area contributed by atoms with Crippen molar-refractivity contribution in [3.05, 3.63) is 64.7 Å². The molecule has 0 spiro atoms. The number of halogens is 1. The molecule has 162 valence electrons. The fourth-order valence-electron chi connectivity index (χ4n) is 3.34. The van der Waals surface area contributed by atoms with Crippen LogP contribution in [0.15, 0.2) is 48.5 Å². The summed E-state index contributed by atoms with van der Waals surface area (Å²) in [6, 6.07) is 12.9. The molecular formula is C22H22ClN3O4S. The van der Waals surface area contributed by atoms with Crippen molar-refractivity contribution >= 4 is 52.4 Å². The van der Waals surface area contributed by atoms with E-state index in [4.69, 9.17) is 23.8 Å². The molecule has 31 heavy (non-hydrogen) atoms. The van der Waals surface area contributed by atoms with E-state index in [9.17, 15) is 14.4 Å². The lowest BCUT2D eigenvalue weighted by atomic mass is 10.1. The van der Waals surface area contributed by atoms with Crippen LogP contribution < -0.4 is 5.32 Å². The van der Waals surface area contributed by atoms with Crippen molar-refractivity contribution in [2.45, 2.75) is 25.9 Å². The predicted molar refractivity (Wildman–Crippen MR) is 122 cm³/mol. The van der Waals surface area contributed by atoms with Gasteiger partial charge in [0, 0.05) is 23.8 Å². The topological polar surface area (TPSA) is 79.0 Å². The van der Waals surface area contributed by atoms with Crippen LogP contribution in [0.3, 0.4) is 0 Å². The van der Waals surface area contributed by atoms with Gasteiger partial charge in [0.05, 0.1) is 19.1 Å². The molecule has 1 atom stereocenters. The molecule has 2 amide bonds. The molecule has 1 aliphatic heterocycles. The van der Waals surface area contributed by atoms with Crippen LogP contribution in [0, 0.1) is 0 Å². The van der Waals surface area contributed by atoms with Crippen LogP contribution in [0.4, 0.5) is 5.69 Å². The van der Waals surface area contributed by atoms with Crippen molar-refractivity contribution in [1.82, 2.24) is 9.80 Å². The second-order valence-corrected chi connectivity index (χ2v) is 7.76. The maximum atomic E-state index is 12.9. The molecule has 1 fully saturated rings. The van der Waals surface area contributed by atoms with E-state index in [1.54, 1.807) is 41.3 Å². The standard InChI is InChI=1S/C22H22ClN3O4S/c1-3-25-20(28)18(26(22(25)31)13-14-4-8-16(23)9-5-14)12-19(27)24-17-10-6-15(7-11-17)21(29)30-2/h4-11,18H,3,12-13H2,1-2H3,(H,24,27)/t18-/m0/s1. The summed E-state index contributed by atoms with van der Waals surface area (Å²) in [6.07, 6.45) is -0.0538. The Labute approximate surface area is 190 Å². The van der Waals surface area contributed by atoms with E-state index >= 15 is 0 Å². The van der Waals surface area contributed by atoms with Gasteiger partial charge in [0.2, 0.25) is 5.91 Å². The number of amides is 2. The van der Waals surface area contributed by atoms with E-state index in [1.807, 2.05) is 19.1 Å². The minimum absolute atomic E-state index is 0.0538. The SMILES string of the molecule is CCN1C(=O)[C@H](CC(=O)Nc2ccc(C(=O)OC)cc2)N(Cc2ccc(Cl)cc2)C1=S. The molecule has 0 aromatic heterocycles. The molecule has 1 heterocycles. The summed E-state index contributed by atoms with van der Waals surface area (Å²) < 4.78 is 4.66. The fourth-order valence-corrected chi connectivity index (χ4v) is 3.88. The van der Waals surface area contributed by atoms with Gasteiger partial charge in [-0.15, -0.1) is 0 Å². The average molecular weight is 460 g/mol. The lowest BCUT2D eigenvalue weighted by molar-refractivity contribution is -0.130. The number of carbonyl (C=O) groups is 3. The van der Waals surface area contributed by atoms with Crippen LogP contribution in [0.25, 0.3) is 0 Å². The molecular weight excluding hydrogens is 438 g/mol. The maximum Gasteiger partial charge on any atom is 0.337 e. The Kier molecular flexibility index (Phi) is 7.25. The number of rotatable bonds is 7. The summed E-state index contributed by atoms with van der Waals surface area (Å²) in [4.78, 5) is 40.4. The zero-order chi connectivity index (χ0) is 22.5. The zero-order valence-corrected chi connectivity index (χ0v) is 18.7. The maximum absolute atomic E-state index is 12.9. The number of esters is 1. The first-order valence-corrected chi connectivity index (χ1v) is 10.5. The third-order valence-corrected chi connectivity index (χ3v) is 5.66. The summed E-state index contributed by atoms with van der Waals surface area (Å²) in [5.74, 6) is -0.982. The highest BCUT2D eigenvalue weighted by Gasteiger charge is 2.42. The molecule has 2 aromatic carbocycles. The van der Waals surface area contributed by atoms with E-state index in [0.717, 1.165) is 5.56 Å². The minimum atomic E-state index is -0.697. The molecule has 0 aliphatic carbocycles. The highest BCUT2D eigenvalue weighted by Crippen LogP contribution is 2.24. The van der Waals surface area contributed by atoms with Gasteiger partial charge in [-0.05, 0) is 61.1 Å². The normalized spacial score (nSPS) is 15.9. The van der Waals surface area contributed by atoms with Crippen molar-refractivity contribution in [3.63, 3.8) is 0 Å². The lowest BCUT2D eigenvalue weighted by Gasteiger charge is -2.24. The number of carbonyl (C=O) groups excluding carboxylic acids is 3. The zero-order valence-electron chi connectivity index (χ0n) is 17.1. The number of thiocarbonyl (C=S) groups is 1. The summed E-state index contributed by atoms with van der Waals surface area (Å²) in [5, 5.41) is 3.79. The number of nitrogens with one attached hydrogen (secondary N) is 1. The third-order valence-electron chi connectivity index (χ3n) is 4.95. The largest absolute Gasteiger partial charge is 0.465 e. The molecule has 3 rings (SSSR count). The number of nitrogens with zero attached hydrogens (tertiary/aromatic N) is 2. The predicted octanol–water partition coefficient (Wildman–Crippen LogP) is 3.47. The third kappa shape index (κ3) is 5.21. The Morgan fingerprint density at radius 3 is 2.35 bits per heavy atom. The quantitative estimate of drug-likeness (QED) is 0.504. The van der Waals surface area contributed by atoms with Gasteiger partial charge in [-0.2, -0.15) is 0 Å². The monoisotopic (exact) mass is 459 g/mol. The highest BCUT2D eigenvalue weighted by molar-refractivity contribution is 7.80. The van der Waals surface area contributed by atoms with Crippen LogP contribution in [0.1, 0.15) is 29.3 Å². The second-order valence-electron chi connectivity index (χ2n) is 6.96. The van der Waals surface area contributed by atoms with Crippen molar-refractivity contribution in [3.8, 4) is 0 Å². The van der Waals surface area contributed by atoms with Crippen molar-refractivity contribution in [2.24, 2.45) is 0 Å². The molecule has 1 saturated heterocycles. The van der Waals surface area contributed by atoms with E-state index in [2.05, 4.69) is 10.1 Å². The number of anilines is 1. The molecule has 0 bridgehead atoms. The number of hydrogen-bond acceptors (Lipinski definition) is 5. The average Bonchev–Trinajstić information content (AvgIpc) is 2.98. The molecule has 7 nitrogen and oxygen atoms in total. The van der Waals surface area contributed by atoms with E-state index in [0.29, 0.717) is 34.5 Å². The summed E-state index contributed by atoms with van der Waals surface area (Å²) in [5.41, 5.74) is 1.83. The number of likely N-dealkylation sites (N-methyl/N-ethyl adjacent to an activating group) is 1. The Hall–Kier alpha value is -2.97. The van der Waals surface area contributed by atoms with E-state index in [1.165, 1.54) is 12.0 Å². The van der Waals surface area contributed by atoms with Gasteiger partial charge in [0.15, 0.2) is 5.11 Å². The van der Waals surface area contributed by atoms with Gasteiger partial charge in [-0.1, -0.05) is 23.7 Å². The first-order valence-electron chi connectivity index (χ1n) is 9.68. The Morgan fingerprint density at radius 2 is 1.77 bits per heavy atom. The molecule has 1 N–H and O–H groups in total. The molecule has 9 heteroatoms. The van der Waals surface area contributed by atoms with Crippen LogP contribution in [0.5, 0.6) is 0 Å². The summed E-state index contributed by atoms with van der Waals surface area (Å²) in [7, 11) is 1.30. The minimum Gasteiger partial charge on any atom is -0.465 e. The smallest absolute Gasteiger partial charge is 0.337 e. The second kappa shape index (κ2) is 9.89. The van der Waals surface area contributed by atoms with E-state index < -0.39 is 12.0 Å². The number of methoxy groups -OCH3 is 1. The number of hydrogen-bond donors (Lipinski definition) is 1. The van der Waals surface area contributed by atoms with Gasteiger partial charge in [0.25, 0.3) is 5.91 Å². The Morgan fingerprint density at radius 1 is 1.13 bits per heavy atom. The van der Waals surface area contributed by atoms with E-state index in [-0.39, 0.29) is 18.2 Å². The lowest BCUT2D eigenvalue weighted by Crippen LogP contribution is -2.37. The van der Waals surface area contributed by atoms with Gasteiger partial charge < -0.3 is 15.0 Å². The highest BCUT2D eigenvalue weighted by atomic mass is 35.5. The van der Waals surface area contributed by atoms with Crippen LogP contribution in [-0.4, -0.2) is 52.4 Å². The summed E-state index contributed by atoms with van der Waals surface area (Å²) in [6.45, 7) is 2.67. The number of benzene rings is 2. The van der Waals surface area contributed by atoms with Crippen LogP contribution in [-0.2, 0) is 20.9 Å². The van der Waals surface area contributed by atoms with Crippen LogP contribution in [0.2, 0.25) is 5.02 Å². The summed E-state index contributed by atoms with van der Waals surface area (Å²) >= 11 is 11.5. The molecule has 1 aliphatic rings. The molecule has 0 saturated carbocycles.